The van der Waals surface area contributed by atoms with Crippen molar-refractivity contribution in [2.75, 3.05) is 13.7 Å². The van der Waals surface area contributed by atoms with Crippen LogP contribution >= 0.6 is 0 Å². The number of ether oxygens (including phenoxy) is 2. The molecule has 0 aliphatic rings. The van der Waals surface area contributed by atoms with Crippen LogP contribution in [-0.2, 0) is 16.1 Å². The van der Waals surface area contributed by atoms with Crippen molar-refractivity contribution in [1.82, 2.24) is 0 Å². The predicted molar refractivity (Wildman–Crippen MR) is 99.2 cm³/mol. The lowest BCUT2D eigenvalue weighted by Crippen LogP contribution is -2.13. The van der Waals surface area contributed by atoms with Crippen LogP contribution < -0.4 is 4.74 Å². The Bertz CT molecular complexity index is 455. The number of hydrogen-bond donors (Lipinski definition) is 0. The smallest absolute Gasteiger partial charge is 0.122 e. The van der Waals surface area contributed by atoms with Crippen LogP contribution in [0.2, 0.25) is 0 Å². The molecule has 0 aliphatic heterocycles. The van der Waals surface area contributed by atoms with E-state index in [2.05, 4.69) is 20.8 Å². The summed E-state index contributed by atoms with van der Waals surface area (Å²) in [6, 6.07) is 8.02. The minimum Gasteiger partial charge on any atom is -0.497 e. The average molecular weight is 334 g/mol. The SMILES string of the molecule is COc1ccc(COC[C@@H](C)C[C@@H](C)C[C@@H](C)C[C@@H](C)C=O)cc1. The third-order valence-electron chi connectivity index (χ3n) is 4.45. The van der Waals surface area contributed by atoms with Crippen LogP contribution in [0, 0.1) is 23.7 Å². The maximum atomic E-state index is 10.8. The first-order chi connectivity index (χ1) is 11.4. The molecule has 0 spiro atoms. The normalized spacial score (nSPS) is 16.2. The lowest BCUT2D eigenvalue weighted by Gasteiger charge is -2.21. The Hall–Kier alpha value is -1.35. The zero-order chi connectivity index (χ0) is 17.9. The van der Waals surface area contributed by atoms with E-state index in [9.17, 15) is 4.79 Å². The number of rotatable bonds is 12. The van der Waals surface area contributed by atoms with Gasteiger partial charge in [0.2, 0.25) is 0 Å². The molecule has 0 N–H and O–H groups in total. The fraction of sp³-hybridized carbons (Fsp3) is 0.667. The third kappa shape index (κ3) is 8.49. The summed E-state index contributed by atoms with van der Waals surface area (Å²) in [5.74, 6) is 2.87. The van der Waals surface area contributed by atoms with Gasteiger partial charge in [-0.25, -0.2) is 0 Å². The highest BCUT2D eigenvalue weighted by Gasteiger charge is 2.14. The maximum Gasteiger partial charge on any atom is 0.122 e. The van der Waals surface area contributed by atoms with Crippen LogP contribution in [0.1, 0.15) is 52.5 Å². The van der Waals surface area contributed by atoms with Crippen LogP contribution in [0.15, 0.2) is 24.3 Å². The summed E-state index contributed by atoms with van der Waals surface area (Å²) in [6.45, 7) is 10.3. The van der Waals surface area contributed by atoms with Gasteiger partial charge in [0.1, 0.15) is 12.0 Å². The van der Waals surface area contributed by atoms with Crippen LogP contribution in [0.25, 0.3) is 0 Å². The van der Waals surface area contributed by atoms with Crippen molar-refractivity contribution >= 4 is 6.29 Å². The van der Waals surface area contributed by atoms with Crippen molar-refractivity contribution in [2.45, 2.75) is 53.6 Å². The molecule has 136 valence electrons. The van der Waals surface area contributed by atoms with Crippen molar-refractivity contribution in [3.8, 4) is 5.75 Å². The molecule has 3 nitrogen and oxygen atoms in total. The van der Waals surface area contributed by atoms with Crippen molar-refractivity contribution in [1.29, 1.82) is 0 Å². The quantitative estimate of drug-likeness (QED) is 0.497. The summed E-state index contributed by atoms with van der Waals surface area (Å²) in [7, 11) is 1.68. The molecule has 0 heterocycles. The molecule has 1 aromatic carbocycles. The van der Waals surface area contributed by atoms with Crippen molar-refractivity contribution in [3.63, 3.8) is 0 Å². The van der Waals surface area contributed by atoms with Crippen molar-refractivity contribution < 1.29 is 14.3 Å². The highest BCUT2D eigenvalue weighted by atomic mass is 16.5. The Morgan fingerprint density at radius 3 is 2.08 bits per heavy atom. The van der Waals surface area contributed by atoms with Gasteiger partial charge in [-0.15, -0.1) is 0 Å². The number of methoxy groups -OCH3 is 1. The minimum atomic E-state index is 0.178. The lowest BCUT2D eigenvalue weighted by atomic mass is 9.86. The van der Waals surface area contributed by atoms with Gasteiger partial charge in [-0.3, -0.25) is 0 Å². The first-order valence-corrected chi connectivity index (χ1v) is 9.10. The highest BCUT2D eigenvalue weighted by molar-refractivity contribution is 5.52. The van der Waals surface area contributed by atoms with Gasteiger partial charge in [0.05, 0.1) is 13.7 Å². The van der Waals surface area contributed by atoms with Crippen molar-refractivity contribution in [2.24, 2.45) is 23.7 Å². The Balaban J connectivity index is 2.22. The summed E-state index contributed by atoms with van der Waals surface area (Å²) >= 11 is 0. The molecule has 24 heavy (non-hydrogen) atoms. The fourth-order valence-corrected chi connectivity index (χ4v) is 3.42. The largest absolute Gasteiger partial charge is 0.497 e. The molecule has 0 amide bonds. The van der Waals surface area contributed by atoms with Crippen LogP contribution in [-0.4, -0.2) is 20.0 Å². The van der Waals surface area contributed by atoms with E-state index in [-0.39, 0.29) is 5.92 Å². The molecule has 1 aromatic rings. The van der Waals surface area contributed by atoms with E-state index in [1.54, 1.807) is 7.11 Å². The molecular weight excluding hydrogens is 300 g/mol. The maximum absolute atomic E-state index is 10.8. The van der Waals surface area contributed by atoms with Gasteiger partial charge >= 0.3 is 0 Å². The molecule has 0 fully saturated rings. The second-order valence-electron chi connectivity index (χ2n) is 7.50. The van der Waals surface area contributed by atoms with Crippen molar-refractivity contribution in [3.05, 3.63) is 29.8 Å². The van der Waals surface area contributed by atoms with E-state index in [0.717, 1.165) is 25.1 Å². The summed E-state index contributed by atoms with van der Waals surface area (Å²) in [6.07, 6.45) is 4.41. The molecule has 0 saturated carbocycles. The third-order valence-corrected chi connectivity index (χ3v) is 4.45. The monoisotopic (exact) mass is 334 g/mol. The van der Waals surface area contributed by atoms with Gasteiger partial charge < -0.3 is 14.3 Å². The highest BCUT2D eigenvalue weighted by Crippen LogP contribution is 2.24. The molecule has 1 rings (SSSR count). The number of hydrogen-bond acceptors (Lipinski definition) is 3. The number of aldehydes is 1. The lowest BCUT2D eigenvalue weighted by molar-refractivity contribution is -0.111. The van der Waals surface area contributed by atoms with Crippen LogP contribution in [0.3, 0.4) is 0 Å². The van der Waals surface area contributed by atoms with E-state index < -0.39 is 0 Å². The van der Waals surface area contributed by atoms with E-state index in [4.69, 9.17) is 9.47 Å². The molecule has 0 unspecified atom stereocenters. The Morgan fingerprint density at radius 2 is 1.50 bits per heavy atom. The average Bonchev–Trinajstić information content (AvgIpc) is 2.54. The Labute approximate surface area is 147 Å². The second kappa shape index (κ2) is 11.2. The molecular formula is C21H34O3. The summed E-state index contributed by atoms with van der Waals surface area (Å²) < 4.78 is 11.0. The standard InChI is InChI=1S/C21H34O3/c1-16(11-18(3)13-22)10-17(2)12-19(4)14-24-15-20-6-8-21(23-5)9-7-20/h6-9,13,16-19H,10-12,14-15H2,1-5H3/t16-,17+,18-,19+/m1/s1. The summed E-state index contributed by atoms with van der Waals surface area (Å²) in [5, 5.41) is 0. The first-order valence-electron chi connectivity index (χ1n) is 9.10. The molecule has 0 bridgehead atoms. The minimum absolute atomic E-state index is 0.178. The van der Waals surface area contributed by atoms with E-state index in [1.807, 2.05) is 31.2 Å². The van der Waals surface area contributed by atoms with Gasteiger partial charge in [0, 0.05) is 12.5 Å². The van der Waals surface area contributed by atoms with Gasteiger partial charge in [0.15, 0.2) is 0 Å². The van der Waals surface area contributed by atoms with E-state index in [0.29, 0.717) is 24.4 Å². The van der Waals surface area contributed by atoms with Gasteiger partial charge in [-0.1, -0.05) is 39.8 Å². The van der Waals surface area contributed by atoms with Crippen LogP contribution in [0.4, 0.5) is 0 Å². The number of carbonyl (C=O) groups excluding carboxylic acids is 1. The Morgan fingerprint density at radius 1 is 0.917 bits per heavy atom. The molecule has 0 aromatic heterocycles. The van der Waals surface area contributed by atoms with E-state index in [1.165, 1.54) is 18.4 Å². The summed E-state index contributed by atoms with van der Waals surface area (Å²) in [4.78, 5) is 10.8. The van der Waals surface area contributed by atoms with Crippen LogP contribution in [0.5, 0.6) is 5.75 Å². The second-order valence-corrected chi connectivity index (χ2v) is 7.50. The van der Waals surface area contributed by atoms with Gasteiger partial charge in [0.25, 0.3) is 0 Å². The molecule has 0 aliphatic carbocycles. The number of benzene rings is 1. The first kappa shape index (κ1) is 20.7. The molecule has 0 saturated heterocycles. The molecule has 0 radical (unpaired) electrons. The topological polar surface area (TPSA) is 35.5 Å². The zero-order valence-electron chi connectivity index (χ0n) is 16.0. The van der Waals surface area contributed by atoms with E-state index >= 15 is 0 Å². The van der Waals surface area contributed by atoms with Gasteiger partial charge in [-0.2, -0.15) is 0 Å². The fourth-order valence-electron chi connectivity index (χ4n) is 3.42. The Kier molecular flexibility index (Phi) is 9.70. The zero-order valence-corrected chi connectivity index (χ0v) is 16.0. The number of carbonyl (C=O) groups is 1. The predicted octanol–water partition coefficient (Wildman–Crippen LogP) is 5.13. The van der Waals surface area contributed by atoms with Gasteiger partial charge in [-0.05, 0) is 54.7 Å². The molecule has 4 atom stereocenters. The summed E-state index contributed by atoms with van der Waals surface area (Å²) in [5.41, 5.74) is 1.17. The molecule has 3 heteroatoms.